The number of hydrogen-bond acceptors (Lipinski definition) is 4. The number of imidazole rings is 1. The molecule has 0 spiro atoms. The van der Waals surface area contributed by atoms with Gasteiger partial charge in [0.1, 0.15) is 5.82 Å². The maximum atomic E-state index is 12.8. The number of nitrogen functional groups attached to an aromatic ring is 1. The molecule has 2 aromatic rings. The summed E-state index contributed by atoms with van der Waals surface area (Å²) in [5.41, 5.74) is 8.01. The molecule has 0 amide bonds. The highest BCUT2D eigenvalue weighted by atomic mass is 32.2. The van der Waals surface area contributed by atoms with Crippen LogP contribution >= 0.6 is 0 Å². The molecule has 0 radical (unpaired) electrons. The Balaban J connectivity index is 2.06. The van der Waals surface area contributed by atoms with Gasteiger partial charge in [0.05, 0.1) is 5.69 Å². The zero-order valence-electron chi connectivity index (χ0n) is 12.1. The number of aromatic nitrogens is 2. The van der Waals surface area contributed by atoms with Crippen molar-refractivity contribution in [2.75, 3.05) is 16.6 Å². The van der Waals surface area contributed by atoms with E-state index in [4.69, 9.17) is 5.73 Å². The van der Waals surface area contributed by atoms with E-state index in [1.165, 1.54) is 4.31 Å². The van der Waals surface area contributed by atoms with Crippen molar-refractivity contribution in [2.45, 2.75) is 31.8 Å². The van der Waals surface area contributed by atoms with E-state index in [1.54, 1.807) is 25.3 Å². The lowest BCUT2D eigenvalue weighted by Gasteiger charge is -2.18. The molecule has 6 nitrogen and oxygen atoms in total. The van der Waals surface area contributed by atoms with E-state index in [2.05, 4.69) is 4.98 Å². The number of benzene rings is 1. The number of hydrogen-bond donors (Lipinski definition) is 1. The largest absolute Gasteiger partial charge is 0.399 e. The minimum Gasteiger partial charge on any atom is -0.399 e. The highest BCUT2D eigenvalue weighted by Gasteiger charge is 2.32. The van der Waals surface area contributed by atoms with Gasteiger partial charge in [-0.25, -0.2) is 4.98 Å². The van der Waals surface area contributed by atoms with Crippen LogP contribution in [0.4, 0.5) is 11.4 Å². The lowest BCUT2D eigenvalue weighted by Crippen LogP contribution is -2.29. The van der Waals surface area contributed by atoms with Crippen LogP contribution in [0.5, 0.6) is 0 Å². The van der Waals surface area contributed by atoms with Crippen molar-refractivity contribution in [3.8, 4) is 0 Å². The Kier molecular flexibility index (Phi) is 3.16. The van der Waals surface area contributed by atoms with Crippen molar-refractivity contribution in [3.63, 3.8) is 0 Å². The van der Waals surface area contributed by atoms with E-state index >= 15 is 0 Å². The van der Waals surface area contributed by atoms with E-state index in [0.717, 1.165) is 5.56 Å². The minimum absolute atomic E-state index is 0.0946. The number of rotatable bonds is 3. The lowest BCUT2D eigenvalue weighted by molar-refractivity contribution is 0.589. The summed E-state index contributed by atoms with van der Waals surface area (Å²) < 4.78 is 28.8. The lowest BCUT2D eigenvalue weighted by atomic mass is 10.1. The molecule has 0 bridgehead atoms. The Bertz CT molecular complexity index is 795. The molecule has 7 heteroatoms. The van der Waals surface area contributed by atoms with Gasteiger partial charge in [-0.05, 0) is 38.0 Å². The molecular weight excluding hydrogens is 288 g/mol. The molecule has 1 aliphatic heterocycles. The average molecular weight is 306 g/mol. The average Bonchev–Trinajstić information content (AvgIpc) is 3.02. The van der Waals surface area contributed by atoms with Crippen molar-refractivity contribution < 1.29 is 8.42 Å². The van der Waals surface area contributed by atoms with Crippen molar-refractivity contribution in [2.24, 2.45) is 0 Å². The summed E-state index contributed by atoms with van der Waals surface area (Å²) in [7, 11) is -3.63. The Labute approximate surface area is 124 Å². The number of anilines is 2. The first-order chi connectivity index (χ1) is 9.93. The highest BCUT2D eigenvalue weighted by Crippen LogP contribution is 2.34. The molecule has 1 aromatic carbocycles. The van der Waals surface area contributed by atoms with Crippen LogP contribution in [0.3, 0.4) is 0 Å². The van der Waals surface area contributed by atoms with Gasteiger partial charge in [-0.15, -0.1) is 0 Å². The molecule has 0 saturated carbocycles. The van der Waals surface area contributed by atoms with Gasteiger partial charge in [-0.3, -0.25) is 4.31 Å². The van der Waals surface area contributed by atoms with Crippen LogP contribution in [0.25, 0.3) is 0 Å². The normalized spacial score (nSPS) is 14.5. The molecule has 3 rings (SSSR count). The van der Waals surface area contributed by atoms with Crippen LogP contribution in [0, 0.1) is 6.92 Å². The fraction of sp³-hybridized carbons (Fsp3) is 0.357. The molecule has 0 saturated heterocycles. The van der Waals surface area contributed by atoms with E-state index in [1.807, 2.05) is 17.6 Å². The topological polar surface area (TPSA) is 81.2 Å². The predicted molar refractivity (Wildman–Crippen MR) is 81.7 cm³/mol. The van der Waals surface area contributed by atoms with Gasteiger partial charge in [0, 0.05) is 25.0 Å². The van der Waals surface area contributed by atoms with E-state index in [-0.39, 0.29) is 5.03 Å². The zero-order valence-corrected chi connectivity index (χ0v) is 12.9. The molecule has 1 aromatic heterocycles. The van der Waals surface area contributed by atoms with Crippen LogP contribution in [-0.4, -0.2) is 24.5 Å². The second-order valence-electron chi connectivity index (χ2n) is 5.13. The Morgan fingerprint density at radius 2 is 2.14 bits per heavy atom. The Morgan fingerprint density at radius 3 is 2.81 bits per heavy atom. The van der Waals surface area contributed by atoms with E-state index in [0.29, 0.717) is 36.7 Å². The molecule has 0 unspecified atom stereocenters. The number of sulfonamides is 1. The maximum absolute atomic E-state index is 12.8. The second kappa shape index (κ2) is 4.77. The van der Waals surface area contributed by atoms with E-state index in [9.17, 15) is 8.42 Å². The molecular formula is C14H18N4O2S. The number of nitrogens with two attached hydrogens (primary N) is 1. The Morgan fingerprint density at radius 1 is 1.38 bits per heavy atom. The second-order valence-corrected chi connectivity index (χ2v) is 6.94. The highest BCUT2D eigenvalue weighted by molar-refractivity contribution is 7.92. The molecule has 2 heterocycles. The fourth-order valence-corrected chi connectivity index (χ4v) is 4.15. The zero-order chi connectivity index (χ0) is 15.2. The van der Waals surface area contributed by atoms with Gasteiger partial charge in [0.25, 0.3) is 10.0 Å². The third kappa shape index (κ3) is 2.17. The molecule has 21 heavy (non-hydrogen) atoms. The van der Waals surface area contributed by atoms with Gasteiger partial charge in [0.2, 0.25) is 0 Å². The van der Waals surface area contributed by atoms with Crippen LogP contribution in [-0.2, 0) is 23.0 Å². The van der Waals surface area contributed by atoms with Crippen LogP contribution in [0.2, 0.25) is 0 Å². The van der Waals surface area contributed by atoms with Gasteiger partial charge in [-0.1, -0.05) is 6.07 Å². The third-order valence-electron chi connectivity index (χ3n) is 3.81. The molecule has 2 N–H and O–H groups in total. The summed E-state index contributed by atoms with van der Waals surface area (Å²) in [6.45, 7) is 4.88. The molecule has 0 aliphatic carbocycles. The van der Waals surface area contributed by atoms with Crippen LogP contribution < -0.4 is 10.0 Å². The smallest absolute Gasteiger partial charge is 0.283 e. The first-order valence-corrected chi connectivity index (χ1v) is 8.32. The van der Waals surface area contributed by atoms with Crippen molar-refractivity contribution >= 4 is 21.4 Å². The van der Waals surface area contributed by atoms with Gasteiger partial charge in [0.15, 0.2) is 5.03 Å². The molecule has 0 atom stereocenters. The quantitative estimate of drug-likeness (QED) is 0.872. The monoisotopic (exact) mass is 306 g/mol. The minimum atomic E-state index is -3.63. The molecule has 1 aliphatic rings. The summed E-state index contributed by atoms with van der Waals surface area (Å²) in [4.78, 5) is 4.20. The van der Waals surface area contributed by atoms with E-state index < -0.39 is 10.0 Å². The van der Waals surface area contributed by atoms with Gasteiger partial charge < -0.3 is 10.3 Å². The van der Waals surface area contributed by atoms with Crippen LogP contribution in [0.1, 0.15) is 18.3 Å². The fourth-order valence-electron chi connectivity index (χ4n) is 2.65. The summed E-state index contributed by atoms with van der Waals surface area (Å²) in [5.74, 6) is 0.697. The van der Waals surface area contributed by atoms with Crippen molar-refractivity contribution in [3.05, 3.63) is 35.8 Å². The van der Waals surface area contributed by atoms with Gasteiger partial charge >= 0.3 is 0 Å². The first-order valence-electron chi connectivity index (χ1n) is 6.88. The number of aryl methyl sites for hydroxylation is 2. The third-order valence-corrected chi connectivity index (χ3v) is 5.50. The summed E-state index contributed by atoms with van der Waals surface area (Å²) in [6.07, 6.45) is 2.29. The Hall–Kier alpha value is -2.02. The van der Waals surface area contributed by atoms with Crippen molar-refractivity contribution in [1.82, 2.24) is 9.55 Å². The molecule has 112 valence electrons. The SMILES string of the molecule is CCn1cc(S(=O)(=O)N2CCc3ccc(N)cc32)nc1C. The standard InChI is InChI=1S/C14H18N4O2S/c1-3-17-9-14(16-10(17)2)21(19,20)18-7-6-11-4-5-12(15)8-13(11)18/h4-5,8-9H,3,6-7,15H2,1-2H3. The van der Waals surface area contributed by atoms with Gasteiger partial charge in [-0.2, -0.15) is 8.42 Å². The summed E-state index contributed by atoms with van der Waals surface area (Å²) in [6, 6.07) is 5.39. The van der Waals surface area contributed by atoms with Crippen LogP contribution in [0.15, 0.2) is 29.4 Å². The summed E-state index contributed by atoms with van der Waals surface area (Å²) in [5, 5.41) is 0.0946. The first kappa shape index (κ1) is 13.9. The maximum Gasteiger partial charge on any atom is 0.283 e. The van der Waals surface area contributed by atoms with Crippen molar-refractivity contribution in [1.29, 1.82) is 0 Å². The predicted octanol–water partition coefficient (Wildman–Crippen LogP) is 1.55. The summed E-state index contributed by atoms with van der Waals surface area (Å²) >= 11 is 0. The number of fused-ring (bicyclic) bond motifs is 1. The number of nitrogens with zero attached hydrogens (tertiary/aromatic N) is 3. The molecule has 0 fully saturated rings.